The molecule has 4 heteroatoms. The van der Waals surface area contributed by atoms with E-state index in [-0.39, 0.29) is 0 Å². The number of aryl methyl sites for hydroxylation is 2. The van der Waals surface area contributed by atoms with E-state index in [1.54, 1.807) is 0 Å². The highest BCUT2D eigenvalue weighted by Gasteiger charge is 2.21. The average Bonchev–Trinajstić information content (AvgIpc) is 2.32. The van der Waals surface area contributed by atoms with E-state index in [0.29, 0.717) is 17.9 Å². The van der Waals surface area contributed by atoms with E-state index in [1.807, 2.05) is 52.8 Å². The summed E-state index contributed by atoms with van der Waals surface area (Å²) in [6.07, 6.45) is 4.57. The Morgan fingerprint density at radius 1 is 1.11 bits per heavy atom. The van der Waals surface area contributed by atoms with Gasteiger partial charge >= 0.3 is 0 Å². The van der Waals surface area contributed by atoms with Crippen LogP contribution in [0.3, 0.4) is 0 Å². The minimum atomic E-state index is -3.43. The number of hydrogen-bond acceptors (Lipinski definition) is 2. The number of allylic oxidation sites excluding steroid dienone is 1. The van der Waals surface area contributed by atoms with Crippen LogP contribution in [0.1, 0.15) is 35.6 Å². The molecule has 1 aromatic carbocycles. The summed E-state index contributed by atoms with van der Waals surface area (Å²) in [6.45, 7) is 9.97. The zero-order valence-corrected chi connectivity index (χ0v) is 13.2. The molecule has 0 saturated carbocycles. The van der Waals surface area contributed by atoms with Crippen molar-refractivity contribution in [2.45, 2.75) is 45.9 Å². The van der Waals surface area contributed by atoms with Gasteiger partial charge in [-0.1, -0.05) is 18.2 Å². The zero-order chi connectivity index (χ0) is 14.6. The van der Waals surface area contributed by atoms with Crippen molar-refractivity contribution < 1.29 is 8.42 Å². The Balaban J connectivity index is 3.14. The van der Waals surface area contributed by atoms with Gasteiger partial charge in [0.15, 0.2) is 0 Å². The highest BCUT2D eigenvalue weighted by atomic mass is 32.2. The first kappa shape index (κ1) is 15.9. The molecule has 19 heavy (non-hydrogen) atoms. The van der Waals surface area contributed by atoms with Gasteiger partial charge in [0.25, 0.3) is 0 Å². The predicted molar refractivity (Wildman–Crippen MR) is 80.0 cm³/mol. The van der Waals surface area contributed by atoms with Crippen LogP contribution in [-0.4, -0.2) is 15.0 Å². The van der Waals surface area contributed by atoms with Crippen molar-refractivity contribution in [3.05, 3.63) is 40.5 Å². The van der Waals surface area contributed by atoms with Crippen LogP contribution >= 0.6 is 0 Å². The van der Waals surface area contributed by atoms with E-state index in [9.17, 15) is 8.42 Å². The molecule has 0 saturated heterocycles. The maximum absolute atomic E-state index is 12.4. The second-order valence-corrected chi connectivity index (χ2v) is 6.55. The van der Waals surface area contributed by atoms with E-state index < -0.39 is 10.0 Å². The molecule has 0 spiro atoms. The molecule has 0 atom stereocenters. The summed E-state index contributed by atoms with van der Waals surface area (Å²) in [5, 5.41) is 0. The molecule has 0 heterocycles. The lowest BCUT2D eigenvalue weighted by Crippen LogP contribution is -2.26. The van der Waals surface area contributed by atoms with Gasteiger partial charge in [-0.15, -0.1) is 0 Å². The summed E-state index contributed by atoms with van der Waals surface area (Å²) in [5.74, 6) is 0. The second kappa shape index (κ2) is 6.35. The smallest absolute Gasteiger partial charge is 0.211 e. The molecule has 0 aromatic heterocycles. The largest absolute Gasteiger partial charge is 0.241 e. The molecule has 1 aromatic rings. The van der Waals surface area contributed by atoms with E-state index in [1.165, 1.54) is 0 Å². The molecule has 0 aliphatic heterocycles. The Hall–Kier alpha value is -1.13. The molecule has 0 amide bonds. The van der Waals surface area contributed by atoms with Gasteiger partial charge in [-0.05, 0) is 63.3 Å². The van der Waals surface area contributed by atoms with Gasteiger partial charge in [0.2, 0.25) is 10.0 Å². The van der Waals surface area contributed by atoms with Crippen LogP contribution in [0, 0.1) is 27.7 Å². The monoisotopic (exact) mass is 281 g/mol. The summed E-state index contributed by atoms with van der Waals surface area (Å²) < 4.78 is 27.5. The van der Waals surface area contributed by atoms with Crippen LogP contribution in [0.25, 0.3) is 0 Å². The Kier molecular flexibility index (Phi) is 5.32. The molecule has 0 radical (unpaired) electrons. The molecule has 106 valence electrons. The van der Waals surface area contributed by atoms with Crippen LogP contribution in [-0.2, 0) is 10.0 Å². The highest BCUT2D eigenvalue weighted by Crippen LogP contribution is 2.25. The van der Waals surface area contributed by atoms with Gasteiger partial charge in [-0.3, -0.25) is 0 Å². The lowest BCUT2D eigenvalue weighted by atomic mass is 10.0. The van der Waals surface area contributed by atoms with Gasteiger partial charge in [-0.2, -0.15) is 0 Å². The number of rotatable bonds is 5. The topological polar surface area (TPSA) is 46.2 Å². The third-order valence-electron chi connectivity index (χ3n) is 3.40. The average molecular weight is 281 g/mol. The number of nitrogens with one attached hydrogen (secondary N) is 1. The second-order valence-electron chi connectivity index (χ2n) is 4.84. The molecule has 0 fully saturated rings. The van der Waals surface area contributed by atoms with Crippen LogP contribution < -0.4 is 4.72 Å². The Morgan fingerprint density at radius 2 is 1.63 bits per heavy atom. The van der Waals surface area contributed by atoms with Crippen molar-refractivity contribution in [3.63, 3.8) is 0 Å². The van der Waals surface area contributed by atoms with Crippen LogP contribution in [0.15, 0.2) is 23.1 Å². The molecule has 1 N–H and O–H groups in total. The third kappa shape index (κ3) is 3.67. The van der Waals surface area contributed by atoms with Gasteiger partial charge in [0, 0.05) is 6.54 Å². The van der Waals surface area contributed by atoms with Crippen LogP contribution in [0.5, 0.6) is 0 Å². The molecule has 0 unspecified atom stereocenters. The Morgan fingerprint density at radius 3 is 2.11 bits per heavy atom. The summed E-state index contributed by atoms with van der Waals surface area (Å²) in [5.41, 5.74) is 3.69. The number of benzene rings is 1. The van der Waals surface area contributed by atoms with E-state index in [0.717, 1.165) is 22.3 Å². The van der Waals surface area contributed by atoms with Crippen molar-refractivity contribution in [2.75, 3.05) is 6.54 Å². The van der Waals surface area contributed by atoms with E-state index >= 15 is 0 Å². The quantitative estimate of drug-likeness (QED) is 0.665. The molecule has 1 rings (SSSR count). The Labute approximate surface area is 116 Å². The predicted octanol–water partition coefficient (Wildman–Crippen LogP) is 3.16. The van der Waals surface area contributed by atoms with Crippen molar-refractivity contribution in [3.8, 4) is 0 Å². The maximum atomic E-state index is 12.4. The maximum Gasteiger partial charge on any atom is 0.241 e. The first-order chi connectivity index (χ1) is 8.81. The van der Waals surface area contributed by atoms with Crippen molar-refractivity contribution in [1.82, 2.24) is 4.72 Å². The van der Waals surface area contributed by atoms with Gasteiger partial charge in [-0.25, -0.2) is 13.1 Å². The van der Waals surface area contributed by atoms with Crippen LogP contribution in [0.4, 0.5) is 0 Å². The zero-order valence-electron chi connectivity index (χ0n) is 12.4. The van der Waals surface area contributed by atoms with Crippen molar-refractivity contribution >= 4 is 10.0 Å². The molecule has 0 bridgehead atoms. The lowest BCUT2D eigenvalue weighted by molar-refractivity contribution is 0.580. The minimum absolute atomic E-state index is 0.429. The van der Waals surface area contributed by atoms with Crippen molar-refractivity contribution in [1.29, 1.82) is 0 Å². The summed E-state index contributed by atoms with van der Waals surface area (Å²) in [4.78, 5) is 0.436. The van der Waals surface area contributed by atoms with Gasteiger partial charge in [0.05, 0.1) is 4.90 Å². The molecular formula is C15H23NO2S. The van der Waals surface area contributed by atoms with Crippen LogP contribution in [0.2, 0.25) is 0 Å². The van der Waals surface area contributed by atoms with Crippen molar-refractivity contribution in [2.24, 2.45) is 0 Å². The van der Waals surface area contributed by atoms with Gasteiger partial charge < -0.3 is 0 Å². The molecule has 0 aliphatic carbocycles. The minimum Gasteiger partial charge on any atom is -0.211 e. The standard InChI is InChI=1S/C15H23NO2S/c1-6-7-8-9-16-19(17,18)15-13(4)11(2)10-12(3)14(15)5/h6-7,10,16H,8-9H2,1-5H3/b7-6+. The normalized spacial score (nSPS) is 12.3. The number of sulfonamides is 1. The first-order valence-electron chi connectivity index (χ1n) is 6.49. The summed E-state index contributed by atoms with van der Waals surface area (Å²) in [7, 11) is -3.43. The Bertz CT molecular complexity index is 560. The van der Waals surface area contributed by atoms with E-state index in [2.05, 4.69) is 4.72 Å². The van der Waals surface area contributed by atoms with E-state index in [4.69, 9.17) is 0 Å². The fourth-order valence-electron chi connectivity index (χ4n) is 2.10. The summed E-state index contributed by atoms with van der Waals surface area (Å²) >= 11 is 0. The molecular weight excluding hydrogens is 258 g/mol. The molecule has 0 aliphatic rings. The third-order valence-corrected chi connectivity index (χ3v) is 5.14. The fraction of sp³-hybridized carbons (Fsp3) is 0.467. The fourth-order valence-corrected chi connectivity index (χ4v) is 3.76. The lowest BCUT2D eigenvalue weighted by Gasteiger charge is -2.15. The molecule has 3 nitrogen and oxygen atoms in total. The summed E-state index contributed by atoms with van der Waals surface area (Å²) in [6, 6.07) is 2.03. The number of hydrogen-bond donors (Lipinski definition) is 1. The highest BCUT2D eigenvalue weighted by molar-refractivity contribution is 7.89. The van der Waals surface area contributed by atoms with Gasteiger partial charge in [0.1, 0.15) is 0 Å². The SMILES string of the molecule is C/C=C/CCNS(=O)(=O)c1c(C)c(C)cc(C)c1C. The first-order valence-corrected chi connectivity index (χ1v) is 7.97.